The summed E-state index contributed by atoms with van der Waals surface area (Å²) in [5.74, 6) is 2.29. The molecule has 0 radical (unpaired) electrons. The molecule has 2 rings (SSSR count). The van der Waals surface area contributed by atoms with Crippen molar-refractivity contribution in [1.29, 1.82) is 0 Å². The van der Waals surface area contributed by atoms with E-state index in [-0.39, 0.29) is 0 Å². The minimum absolute atomic E-state index is 0.889. The molecule has 2 atom stereocenters. The van der Waals surface area contributed by atoms with Crippen LogP contribution in [0.25, 0.3) is 0 Å². The maximum Gasteiger partial charge on any atom is 0.0485 e. The van der Waals surface area contributed by atoms with Crippen LogP contribution in [0, 0.1) is 11.8 Å². The fourth-order valence-electron chi connectivity index (χ4n) is 5.65. The summed E-state index contributed by atoms with van der Waals surface area (Å²) in [4.78, 5) is 0. The van der Waals surface area contributed by atoms with Crippen LogP contribution in [-0.4, -0.2) is 16.1 Å². The summed E-state index contributed by atoms with van der Waals surface area (Å²) >= 11 is 0. The van der Waals surface area contributed by atoms with E-state index in [4.69, 9.17) is 0 Å². The first kappa shape index (κ1) is 12.9. The van der Waals surface area contributed by atoms with Crippen LogP contribution < -0.4 is 0 Å². The molecule has 2 heteroatoms. The van der Waals surface area contributed by atoms with Crippen LogP contribution in [0.5, 0.6) is 0 Å². The van der Waals surface area contributed by atoms with Crippen molar-refractivity contribution in [2.45, 2.75) is 76.0 Å². The molecule has 94 valence electrons. The van der Waals surface area contributed by atoms with Crippen molar-refractivity contribution in [1.82, 2.24) is 0 Å². The van der Waals surface area contributed by atoms with E-state index in [1.54, 1.807) is 12.8 Å². The Morgan fingerprint density at radius 3 is 1.38 bits per heavy atom. The van der Waals surface area contributed by atoms with Gasteiger partial charge in [0.05, 0.1) is 0 Å². The molecular weight excluding hydrogens is 224 g/mol. The summed E-state index contributed by atoms with van der Waals surface area (Å²) in [6, 6.07) is 0. The number of rotatable bonds is 2. The lowest BCUT2D eigenvalue weighted by Gasteiger charge is -2.42. The largest absolute Gasteiger partial charge is 0.0693 e. The topological polar surface area (TPSA) is 0 Å². The second kappa shape index (κ2) is 3.71. The fourth-order valence-corrected chi connectivity index (χ4v) is 20.3. The van der Waals surface area contributed by atoms with Gasteiger partial charge in [-0.05, 0) is 16.5 Å². The van der Waals surface area contributed by atoms with E-state index in [1.807, 2.05) is 0 Å². The van der Waals surface area contributed by atoms with Crippen LogP contribution >= 0.6 is 0 Å². The number of hydrogen-bond acceptors (Lipinski definition) is 0. The van der Waals surface area contributed by atoms with Gasteiger partial charge < -0.3 is 0 Å². The molecule has 0 spiro atoms. The van der Waals surface area contributed by atoms with Crippen LogP contribution in [0.4, 0.5) is 0 Å². The molecule has 2 unspecified atom stereocenters. The Hall–Kier alpha value is 0.434. The summed E-state index contributed by atoms with van der Waals surface area (Å²) < 4.78 is 0.889. The van der Waals surface area contributed by atoms with Gasteiger partial charge in [-0.25, -0.2) is 0 Å². The van der Waals surface area contributed by atoms with Crippen LogP contribution in [0.15, 0.2) is 0 Å². The van der Waals surface area contributed by atoms with Crippen molar-refractivity contribution in [3.8, 4) is 0 Å². The zero-order valence-corrected chi connectivity index (χ0v) is 14.2. The summed E-state index contributed by atoms with van der Waals surface area (Å²) in [7, 11) is -2.00. The Balaban J connectivity index is 2.33. The first-order chi connectivity index (χ1) is 7.23. The molecule has 16 heavy (non-hydrogen) atoms. The van der Waals surface area contributed by atoms with Crippen molar-refractivity contribution in [2.24, 2.45) is 11.8 Å². The Labute approximate surface area is 104 Å². The van der Waals surface area contributed by atoms with Gasteiger partial charge in [0.1, 0.15) is 0 Å². The molecule has 0 N–H and O–H groups in total. The minimum atomic E-state index is -0.998. The molecule has 2 aliphatic rings. The molecule has 0 saturated heterocycles. The predicted molar refractivity (Wildman–Crippen MR) is 79.5 cm³/mol. The van der Waals surface area contributed by atoms with Crippen LogP contribution in [-0.2, 0) is 0 Å². The Kier molecular flexibility index (Phi) is 2.99. The molecule has 2 fully saturated rings. The molecule has 0 heterocycles. The summed E-state index contributed by atoms with van der Waals surface area (Å²) in [5.41, 5.74) is 0. The van der Waals surface area contributed by atoms with Crippen molar-refractivity contribution >= 4 is 16.1 Å². The molecule has 0 amide bonds. The number of fused-ring (bicyclic) bond motifs is 1. The molecule has 0 nitrogen and oxygen atoms in total. The van der Waals surface area contributed by atoms with Crippen LogP contribution in [0.3, 0.4) is 0 Å². The molecule has 2 aliphatic carbocycles. The van der Waals surface area contributed by atoms with Gasteiger partial charge in [0.2, 0.25) is 0 Å². The average Bonchev–Trinajstić information content (AvgIpc) is 2.68. The van der Waals surface area contributed by atoms with Crippen LogP contribution in [0.2, 0.25) is 43.9 Å². The Morgan fingerprint density at radius 2 is 1.06 bits per heavy atom. The first-order valence-corrected chi connectivity index (χ1v) is 14.2. The highest BCUT2D eigenvalue weighted by atomic mass is 28.4. The van der Waals surface area contributed by atoms with E-state index in [0.717, 1.165) is 16.5 Å². The average molecular weight is 255 g/mol. The molecule has 0 aromatic heterocycles. The van der Waals surface area contributed by atoms with E-state index in [9.17, 15) is 0 Å². The van der Waals surface area contributed by atoms with Crippen molar-refractivity contribution in [2.75, 3.05) is 0 Å². The standard InChI is InChI=1S/C14H30Si2/c1-15(2,3)14(16(4,5)6)12-10-8-7-9-11-13(12)14/h12-13H,7-11H2,1-6H3. The second-order valence-electron chi connectivity index (χ2n) is 8.22. The highest BCUT2D eigenvalue weighted by Gasteiger charge is 2.73. The van der Waals surface area contributed by atoms with E-state index in [2.05, 4.69) is 39.3 Å². The van der Waals surface area contributed by atoms with Gasteiger partial charge in [0.15, 0.2) is 0 Å². The van der Waals surface area contributed by atoms with Gasteiger partial charge in [0, 0.05) is 16.1 Å². The zero-order valence-electron chi connectivity index (χ0n) is 12.2. The molecule has 0 aromatic rings. The smallest absolute Gasteiger partial charge is 0.0485 e. The summed E-state index contributed by atoms with van der Waals surface area (Å²) in [6.45, 7) is 15.9. The molecule has 0 aromatic carbocycles. The molecule has 2 saturated carbocycles. The quantitative estimate of drug-likeness (QED) is 0.598. The Bertz CT molecular complexity index is 241. The zero-order chi connectivity index (χ0) is 12.2. The summed E-state index contributed by atoms with van der Waals surface area (Å²) in [6.07, 6.45) is 7.70. The van der Waals surface area contributed by atoms with Gasteiger partial charge >= 0.3 is 0 Å². The molecular formula is C14H30Si2. The third-order valence-corrected chi connectivity index (χ3v) is 16.5. The van der Waals surface area contributed by atoms with Gasteiger partial charge in [-0.2, -0.15) is 0 Å². The van der Waals surface area contributed by atoms with Crippen molar-refractivity contribution in [3.63, 3.8) is 0 Å². The molecule has 0 aliphatic heterocycles. The van der Waals surface area contributed by atoms with Gasteiger partial charge in [-0.15, -0.1) is 0 Å². The fraction of sp³-hybridized carbons (Fsp3) is 1.00. The highest BCUT2D eigenvalue weighted by molar-refractivity contribution is 7.00. The van der Waals surface area contributed by atoms with Gasteiger partial charge in [-0.1, -0.05) is 71.4 Å². The first-order valence-electron chi connectivity index (χ1n) is 7.23. The van der Waals surface area contributed by atoms with E-state index in [1.165, 1.54) is 19.3 Å². The predicted octanol–water partition coefficient (Wildman–Crippen LogP) is 5.15. The van der Waals surface area contributed by atoms with Crippen molar-refractivity contribution in [3.05, 3.63) is 0 Å². The highest BCUT2D eigenvalue weighted by Crippen LogP contribution is 2.78. The lowest BCUT2D eigenvalue weighted by molar-refractivity contribution is 0.621. The van der Waals surface area contributed by atoms with E-state index < -0.39 is 16.1 Å². The second-order valence-corrected chi connectivity index (χ2v) is 19.4. The van der Waals surface area contributed by atoms with Gasteiger partial charge in [0.25, 0.3) is 0 Å². The monoisotopic (exact) mass is 254 g/mol. The Morgan fingerprint density at radius 1 is 0.688 bits per heavy atom. The van der Waals surface area contributed by atoms with Gasteiger partial charge in [-0.3, -0.25) is 0 Å². The van der Waals surface area contributed by atoms with Crippen LogP contribution in [0.1, 0.15) is 32.1 Å². The normalized spacial score (nSPS) is 34.1. The molecule has 0 bridgehead atoms. The van der Waals surface area contributed by atoms with Crippen molar-refractivity contribution < 1.29 is 0 Å². The van der Waals surface area contributed by atoms with E-state index in [0.29, 0.717) is 0 Å². The maximum atomic E-state index is 2.65. The minimum Gasteiger partial charge on any atom is -0.0693 e. The number of hydrogen-bond donors (Lipinski definition) is 0. The maximum absolute atomic E-state index is 2.65. The summed E-state index contributed by atoms with van der Waals surface area (Å²) in [5, 5.41) is 0. The lowest BCUT2D eigenvalue weighted by atomic mass is 10.2. The third kappa shape index (κ3) is 1.59. The SMILES string of the molecule is C[Si](C)(C)C1([Si](C)(C)C)C2CCCCCC21. The third-order valence-electron chi connectivity index (χ3n) is 5.56. The lowest BCUT2D eigenvalue weighted by Crippen LogP contribution is -2.48. The van der Waals surface area contributed by atoms with E-state index >= 15 is 0 Å².